The van der Waals surface area contributed by atoms with Crippen molar-refractivity contribution in [1.29, 1.82) is 0 Å². The highest BCUT2D eigenvalue weighted by molar-refractivity contribution is 8.00. The zero-order valence-electron chi connectivity index (χ0n) is 11.2. The van der Waals surface area contributed by atoms with E-state index in [1.165, 1.54) is 17.7 Å². The van der Waals surface area contributed by atoms with Crippen molar-refractivity contribution in [2.24, 2.45) is 5.73 Å². The Morgan fingerprint density at radius 1 is 1.33 bits per heavy atom. The van der Waals surface area contributed by atoms with Crippen LogP contribution in [0.4, 0.5) is 0 Å². The number of methoxy groups -OCH3 is 2. The smallest absolute Gasteiger partial charge is 0.135 e. The number of hydrogen-bond acceptors (Lipinski definition) is 4. The van der Waals surface area contributed by atoms with Gasteiger partial charge in [-0.25, -0.2) is 0 Å². The predicted molar refractivity (Wildman–Crippen MR) is 75.8 cm³/mol. The van der Waals surface area contributed by atoms with Crippen LogP contribution in [0.1, 0.15) is 25.3 Å². The summed E-state index contributed by atoms with van der Waals surface area (Å²) in [5.41, 5.74) is 7.03. The second kappa shape index (κ2) is 5.85. The van der Waals surface area contributed by atoms with Gasteiger partial charge in [-0.05, 0) is 38.3 Å². The van der Waals surface area contributed by atoms with E-state index in [4.69, 9.17) is 15.2 Å². The van der Waals surface area contributed by atoms with Crippen molar-refractivity contribution in [3.8, 4) is 11.5 Å². The van der Waals surface area contributed by atoms with Crippen LogP contribution in [0.15, 0.2) is 17.0 Å². The second-order valence-electron chi connectivity index (χ2n) is 4.82. The molecule has 1 aromatic rings. The van der Waals surface area contributed by atoms with E-state index in [2.05, 4.69) is 6.07 Å². The number of hydrogen-bond donors (Lipinski definition) is 1. The molecule has 0 amide bonds. The van der Waals surface area contributed by atoms with Crippen molar-refractivity contribution in [3.63, 3.8) is 0 Å². The van der Waals surface area contributed by atoms with Crippen molar-refractivity contribution < 1.29 is 9.47 Å². The Labute approximate surface area is 113 Å². The molecule has 18 heavy (non-hydrogen) atoms. The lowest BCUT2D eigenvalue weighted by molar-refractivity contribution is 0.388. The van der Waals surface area contributed by atoms with Gasteiger partial charge in [-0.15, -0.1) is 11.8 Å². The average Bonchev–Trinajstić information content (AvgIpc) is 3.11. The number of nitrogens with two attached hydrogens (primary N) is 1. The van der Waals surface area contributed by atoms with Gasteiger partial charge in [-0.2, -0.15) is 0 Å². The molecule has 0 aliphatic heterocycles. The molecule has 0 spiro atoms. The first-order valence-electron chi connectivity index (χ1n) is 6.31. The van der Waals surface area contributed by atoms with Crippen LogP contribution >= 0.6 is 11.8 Å². The lowest BCUT2D eigenvalue weighted by Crippen LogP contribution is -2.18. The Balaban J connectivity index is 2.34. The number of ether oxygens (including phenoxy) is 2. The highest BCUT2D eigenvalue weighted by Gasteiger charge is 2.25. The first kappa shape index (κ1) is 13.6. The average molecular weight is 267 g/mol. The van der Waals surface area contributed by atoms with Gasteiger partial charge in [-0.1, -0.05) is 0 Å². The normalized spacial score (nSPS) is 16.4. The van der Waals surface area contributed by atoms with Crippen molar-refractivity contribution in [2.45, 2.75) is 42.4 Å². The van der Waals surface area contributed by atoms with Gasteiger partial charge in [0.25, 0.3) is 0 Å². The fourth-order valence-electron chi connectivity index (χ4n) is 1.93. The Morgan fingerprint density at radius 2 is 2.06 bits per heavy atom. The topological polar surface area (TPSA) is 44.5 Å². The van der Waals surface area contributed by atoms with Crippen LogP contribution in [0.25, 0.3) is 0 Å². The van der Waals surface area contributed by atoms with Crippen LogP contribution in [0.2, 0.25) is 0 Å². The minimum Gasteiger partial charge on any atom is -0.497 e. The summed E-state index contributed by atoms with van der Waals surface area (Å²) >= 11 is 1.89. The molecule has 1 atom stereocenters. The summed E-state index contributed by atoms with van der Waals surface area (Å²) in [7, 11) is 3.42. The fraction of sp³-hybridized carbons (Fsp3) is 0.571. The van der Waals surface area contributed by atoms with Gasteiger partial charge in [0, 0.05) is 16.9 Å². The summed E-state index contributed by atoms with van der Waals surface area (Å²) in [5, 5.41) is 0.745. The first-order valence-corrected chi connectivity index (χ1v) is 7.19. The third-order valence-electron chi connectivity index (χ3n) is 2.91. The molecule has 0 aromatic heterocycles. The molecule has 1 aromatic carbocycles. The lowest BCUT2D eigenvalue weighted by atomic mass is 10.1. The molecular weight excluding hydrogens is 246 g/mol. The maximum Gasteiger partial charge on any atom is 0.135 e. The molecule has 100 valence electrons. The van der Waals surface area contributed by atoms with Crippen LogP contribution in [0, 0.1) is 0 Å². The SMILES string of the molecule is COc1cc(C[C@@H](C)N)c(OC)c(SC2CC2)c1. The maximum absolute atomic E-state index is 5.90. The van der Waals surface area contributed by atoms with E-state index < -0.39 is 0 Å². The molecule has 0 bridgehead atoms. The molecule has 4 heteroatoms. The van der Waals surface area contributed by atoms with Gasteiger partial charge in [0.1, 0.15) is 11.5 Å². The quantitative estimate of drug-likeness (QED) is 0.861. The third-order valence-corrected chi connectivity index (χ3v) is 4.27. The summed E-state index contributed by atoms with van der Waals surface area (Å²) < 4.78 is 10.9. The molecule has 0 unspecified atom stereocenters. The lowest BCUT2D eigenvalue weighted by Gasteiger charge is -2.16. The standard InChI is InChI=1S/C14H21NO2S/c1-9(15)6-10-7-11(16-2)8-13(14(10)17-3)18-12-4-5-12/h7-9,12H,4-6,15H2,1-3H3/t9-/m1/s1. The van der Waals surface area contributed by atoms with E-state index in [1.54, 1.807) is 14.2 Å². The minimum atomic E-state index is 0.116. The van der Waals surface area contributed by atoms with Crippen molar-refractivity contribution in [3.05, 3.63) is 17.7 Å². The van der Waals surface area contributed by atoms with Gasteiger partial charge in [0.2, 0.25) is 0 Å². The molecule has 0 saturated heterocycles. The number of thioether (sulfide) groups is 1. The summed E-state index contributed by atoms with van der Waals surface area (Å²) in [5.74, 6) is 1.85. The summed E-state index contributed by atoms with van der Waals surface area (Å²) in [6.45, 7) is 2.01. The van der Waals surface area contributed by atoms with Crippen LogP contribution in [0.5, 0.6) is 11.5 Å². The summed E-state index contributed by atoms with van der Waals surface area (Å²) in [4.78, 5) is 1.18. The van der Waals surface area contributed by atoms with Crippen LogP contribution in [-0.4, -0.2) is 25.5 Å². The zero-order chi connectivity index (χ0) is 13.1. The Kier molecular flexibility index (Phi) is 4.40. The monoisotopic (exact) mass is 267 g/mol. The highest BCUT2D eigenvalue weighted by atomic mass is 32.2. The van der Waals surface area contributed by atoms with E-state index in [9.17, 15) is 0 Å². The molecular formula is C14H21NO2S. The molecule has 3 nitrogen and oxygen atoms in total. The van der Waals surface area contributed by atoms with Crippen molar-refractivity contribution in [2.75, 3.05) is 14.2 Å². The summed E-state index contributed by atoms with van der Waals surface area (Å²) in [6.07, 6.45) is 3.40. The maximum atomic E-state index is 5.90. The van der Waals surface area contributed by atoms with Crippen LogP contribution < -0.4 is 15.2 Å². The van der Waals surface area contributed by atoms with E-state index in [-0.39, 0.29) is 6.04 Å². The third kappa shape index (κ3) is 3.33. The minimum absolute atomic E-state index is 0.116. The van der Waals surface area contributed by atoms with Gasteiger partial charge >= 0.3 is 0 Å². The van der Waals surface area contributed by atoms with Crippen LogP contribution in [-0.2, 0) is 6.42 Å². The molecule has 0 radical (unpaired) electrons. The molecule has 1 saturated carbocycles. The van der Waals surface area contributed by atoms with Crippen LogP contribution in [0.3, 0.4) is 0 Å². The van der Waals surface area contributed by atoms with Crippen molar-refractivity contribution >= 4 is 11.8 Å². The second-order valence-corrected chi connectivity index (χ2v) is 6.16. The van der Waals surface area contributed by atoms with E-state index in [0.29, 0.717) is 0 Å². The zero-order valence-corrected chi connectivity index (χ0v) is 12.0. The van der Waals surface area contributed by atoms with Gasteiger partial charge < -0.3 is 15.2 Å². The predicted octanol–water partition coefficient (Wildman–Crippen LogP) is 2.85. The van der Waals surface area contributed by atoms with Gasteiger partial charge in [-0.3, -0.25) is 0 Å². The molecule has 1 aliphatic rings. The van der Waals surface area contributed by atoms with E-state index in [1.807, 2.05) is 24.8 Å². The Morgan fingerprint density at radius 3 is 2.56 bits per heavy atom. The Hall–Kier alpha value is -0.870. The summed E-state index contributed by atoms with van der Waals surface area (Å²) in [6, 6.07) is 4.20. The number of benzene rings is 1. The molecule has 2 rings (SSSR count). The van der Waals surface area contributed by atoms with Gasteiger partial charge in [0.15, 0.2) is 0 Å². The molecule has 1 fully saturated rings. The van der Waals surface area contributed by atoms with Gasteiger partial charge in [0.05, 0.1) is 19.1 Å². The highest BCUT2D eigenvalue weighted by Crippen LogP contribution is 2.45. The number of rotatable bonds is 6. The first-order chi connectivity index (χ1) is 8.63. The Bertz CT molecular complexity index is 391. The molecule has 1 aliphatic carbocycles. The fourth-order valence-corrected chi connectivity index (χ4v) is 3.17. The molecule has 2 N–H and O–H groups in total. The van der Waals surface area contributed by atoms with Crippen molar-refractivity contribution in [1.82, 2.24) is 0 Å². The molecule has 0 heterocycles. The van der Waals surface area contributed by atoms with E-state index in [0.717, 1.165) is 28.7 Å². The largest absolute Gasteiger partial charge is 0.497 e. The van der Waals surface area contributed by atoms with E-state index >= 15 is 0 Å².